The van der Waals surface area contributed by atoms with Crippen molar-refractivity contribution in [1.82, 2.24) is 14.9 Å². The number of nitrogens with zero attached hydrogens (tertiary/aromatic N) is 2. The number of fused-ring (bicyclic) bond motifs is 1. The SMILES string of the molecule is COc1cc(C(=O)NC(C)c2nc3ccccc3n2CCOc2cc(C)cc(C)c2)cc(OC)c1OC. The zero-order chi connectivity index (χ0) is 26.5. The number of aromatic nitrogens is 2. The molecule has 8 heteroatoms. The van der Waals surface area contributed by atoms with E-state index in [9.17, 15) is 4.79 Å². The number of carbonyl (C=O) groups excluding carboxylic acids is 1. The van der Waals surface area contributed by atoms with E-state index in [0.29, 0.717) is 36.0 Å². The number of nitrogens with one attached hydrogen (secondary N) is 1. The molecule has 1 aromatic heterocycles. The Morgan fingerprint density at radius 1 is 0.946 bits per heavy atom. The number of aryl methyl sites for hydroxylation is 2. The lowest BCUT2D eigenvalue weighted by atomic mass is 10.1. The van der Waals surface area contributed by atoms with E-state index in [1.807, 2.05) is 43.3 Å². The number of carbonyl (C=O) groups is 1. The maximum absolute atomic E-state index is 13.2. The molecular formula is C29H33N3O5. The number of para-hydroxylation sites is 2. The molecule has 0 fully saturated rings. The Bertz CT molecular complexity index is 1370. The van der Waals surface area contributed by atoms with Crippen LogP contribution in [0.1, 0.15) is 40.3 Å². The van der Waals surface area contributed by atoms with Gasteiger partial charge in [-0.25, -0.2) is 4.98 Å². The van der Waals surface area contributed by atoms with Crippen molar-refractivity contribution in [3.63, 3.8) is 0 Å². The predicted molar refractivity (Wildman–Crippen MR) is 143 cm³/mol. The molecule has 0 aliphatic heterocycles. The number of amides is 1. The molecule has 1 heterocycles. The number of ether oxygens (including phenoxy) is 4. The average Bonchev–Trinajstić information content (AvgIpc) is 3.26. The Morgan fingerprint density at radius 3 is 2.22 bits per heavy atom. The molecule has 0 aliphatic rings. The monoisotopic (exact) mass is 503 g/mol. The molecule has 0 aliphatic carbocycles. The summed E-state index contributed by atoms with van der Waals surface area (Å²) in [5.74, 6) is 2.56. The van der Waals surface area contributed by atoms with Crippen LogP contribution < -0.4 is 24.3 Å². The molecule has 1 unspecified atom stereocenters. The van der Waals surface area contributed by atoms with Gasteiger partial charge in [-0.3, -0.25) is 4.79 Å². The number of rotatable bonds is 10. The van der Waals surface area contributed by atoms with Crippen LogP contribution in [0.3, 0.4) is 0 Å². The fourth-order valence-electron chi connectivity index (χ4n) is 4.49. The molecular weight excluding hydrogens is 470 g/mol. The number of benzene rings is 3. The Balaban J connectivity index is 1.57. The summed E-state index contributed by atoms with van der Waals surface area (Å²) in [4.78, 5) is 18.1. The van der Waals surface area contributed by atoms with Crippen molar-refractivity contribution in [1.29, 1.82) is 0 Å². The fraction of sp³-hybridized carbons (Fsp3) is 0.310. The van der Waals surface area contributed by atoms with Crippen LogP contribution in [0.2, 0.25) is 0 Å². The number of methoxy groups -OCH3 is 3. The van der Waals surface area contributed by atoms with Gasteiger partial charge in [-0.15, -0.1) is 0 Å². The van der Waals surface area contributed by atoms with E-state index in [2.05, 4.69) is 29.8 Å². The second-order valence-electron chi connectivity index (χ2n) is 8.89. The summed E-state index contributed by atoms with van der Waals surface area (Å²) in [6, 6.07) is 17.0. The van der Waals surface area contributed by atoms with Gasteiger partial charge in [-0.1, -0.05) is 18.2 Å². The van der Waals surface area contributed by atoms with Gasteiger partial charge < -0.3 is 28.8 Å². The zero-order valence-corrected chi connectivity index (χ0v) is 22.1. The molecule has 1 atom stereocenters. The van der Waals surface area contributed by atoms with Crippen LogP contribution in [0.15, 0.2) is 54.6 Å². The Morgan fingerprint density at radius 2 is 1.59 bits per heavy atom. The molecule has 37 heavy (non-hydrogen) atoms. The van der Waals surface area contributed by atoms with Crippen molar-refractivity contribution in [2.75, 3.05) is 27.9 Å². The summed E-state index contributed by atoms with van der Waals surface area (Å²) in [5, 5.41) is 3.06. The summed E-state index contributed by atoms with van der Waals surface area (Å²) in [6.45, 7) is 7.06. The predicted octanol–water partition coefficient (Wildman–Crippen LogP) is 5.25. The van der Waals surface area contributed by atoms with Crippen LogP contribution in [-0.4, -0.2) is 43.4 Å². The van der Waals surface area contributed by atoms with Crippen molar-refractivity contribution in [3.8, 4) is 23.0 Å². The van der Waals surface area contributed by atoms with E-state index in [0.717, 1.165) is 33.7 Å². The maximum Gasteiger partial charge on any atom is 0.252 e. The molecule has 3 aromatic carbocycles. The van der Waals surface area contributed by atoms with Gasteiger partial charge in [0, 0.05) is 5.56 Å². The molecule has 0 saturated heterocycles. The van der Waals surface area contributed by atoms with Crippen molar-refractivity contribution >= 4 is 16.9 Å². The minimum atomic E-state index is -0.375. The quantitative estimate of drug-likeness (QED) is 0.318. The van der Waals surface area contributed by atoms with Crippen molar-refractivity contribution in [2.24, 2.45) is 0 Å². The lowest BCUT2D eigenvalue weighted by molar-refractivity contribution is 0.0936. The third-order valence-electron chi connectivity index (χ3n) is 6.12. The molecule has 0 radical (unpaired) electrons. The van der Waals surface area contributed by atoms with E-state index in [4.69, 9.17) is 23.9 Å². The van der Waals surface area contributed by atoms with Crippen LogP contribution in [0, 0.1) is 13.8 Å². The Kier molecular flexibility index (Phi) is 7.86. The highest BCUT2D eigenvalue weighted by molar-refractivity contribution is 5.96. The van der Waals surface area contributed by atoms with Crippen molar-refractivity contribution in [2.45, 2.75) is 33.4 Å². The van der Waals surface area contributed by atoms with Crippen molar-refractivity contribution in [3.05, 3.63) is 77.1 Å². The first-order valence-electron chi connectivity index (χ1n) is 12.1. The second-order valence-corrected chi connectivity index (χ2v) is 8.89. The third-order valence-corrected chi connectivity index (χ3v) is 6.12. The van der Waals surface area contributed by atoms with E-state index in [1.54, 1.807) is 12.1 Å². The minimum absolute atomic E-state index is 0.281. The van der Waals surface area contributed by atoms with Gasteiger partial charge in [0.25, 0.3) is 5.91 Å². The van der Waals surface area contributed by atoms with Crippen LogP contribution in [0.25, 0.3) is 11.0 Å². The number of hydrogen-bond acceptors (Lipinski definition) is 6. The van der Waals surface area contributed by atoms with Gasteiger partial charge in [0.1, 0.15) is 18.2 Å². The van der Waals surface area contributed by atoms with E-state index in [-0.39, 0.29) is 11.9 Å². The standard InChI is InChI=1S/C29H33N3O5/c1-18-13-19(2)15-22(14-18)37-12-11-32-24-10-8-7-9-23(24)31-28(32)20(3)30-29(33)21-16-25(34-4)27(36-6)26(17-21)35-5/h7-10,13-17,20H,11-12H2,1-6H3,(H,30,33). The molecule has 0 bridgehead atoms. The van der Waals surface area contributed by atoms with Crippen LogP contribution in [0.4, 0.5) is 0 Å². The largest absolute Gasteiger partial charge is 0.493 e. The highest BCUT2D eigenvalue weighted by Crippen LogP contribution is 2.38. The average molecular weight is 504 g/mol. The van der Waals surface area contributed by atoms with Crippen molar-refractivity contribution < 1.29 is 23.7 Å². The van der Waals surface area contributed by atoms with Gasteiger partial charge in [0.05, 0.1) is 44.9 Å². The third kappa shape index (κ3) is 5.63. The molecule has 4 rings (SSSR count). The summed E-state index contributed by atoms with van der Waals surface area (Å²) in [7, 11) is 4.56. The summed E-state index contributed by atoms with van der Waals surface area (Å²) in [6.07, 6.45) is 0. The van der Waals surface area contributed by atoms with Crippen LogP contribution in [0.5, 0.6) is 23.0 Å². The second kappa shape index (κ2) is 11.2. The number of hydrogen-bond donors (Lipinski definition) is 1. The van der Waals surface area contributed by atoms with Gasteiger partial charge in [0.2, 0.25) is 5.75 Å². The topological polar surface area (TPSA) is 83.8 Å². The summed E-state index contributed by atoms with van der Waals surface area (Å²) in [5.41, 5.74) is 4.55. The smallest absolute Gasteiger partial charge is 0.252 e. The van der Waals surface area contributed by atoms with Crippen LogP contribution in [-0.2, 0) is 6.54 Å². The van der Waals surface area contributed by atoms with Gasteiger partial charge in [-0.05, 0) is 68.3 Å². The Labute approximate surface area is 217 Å². The minimum Gasteiger partial charge on any atom is -0.493 e. The van der Waals surface area contributed by atoms with E-state index < -0.39 is 0 Å². The first kappa shape index (κ1) is 25.9. The van der Waals surface area contributed by atoms with E-state index in [1.165, 1.54) is 21.3 Å². The Hall–Kier alpha value is -4.20. The van der Waals surface area contributed by atoms with Gasteiger partial charge >= 0.3 is 0 Å². The first-order valence-corrected chi connectivity index (χ1v) is 12.1. The van der Waals surface area contributed by atoms with Gasteiger partial charge in [0.15, 0.2) is 11.5 Å². The summed E-state index contributed by atoms with van der Waals surface area (Å²) < 4.78 is 24.3. The normalized spacial score (nSPS) is 11.7. The first-order chi connectivity index (χ1) is 17.8. The maximum atomic E-state index is 13.2. The molecule has 4 aromatic rings. The van der Waals surface area contributed by atoms with E-state index >= 15 is 0 Å². The highest BCUT2D eigenvalue weighted by Gasteiger charge is 2.22. The molecule has 0 spiro atoms. The molecule has 8 nitrogen and oxygen atoms in total. The molecule has 0 saturated carbocycles. The fourth-order valence-corrected chi connectivity index (χ4v) is 4.49. The molecule has 194 valence electrons. The summed E-state index contributed by atoms with van der Waals surface area (Å²) >= 11 is 0. The van der Waals surface area contributed by atoms with Crippen LogP contribution >= 0.6 is 0 Å². The zero-order valence-electron chi connectivity index (χ0n) is 22.1. The lowest BCUT2D eigenvalue weighted by Crippen LogP contribution is -2.29. The molecule has 1 amide bonds. The van der Waals surface area contributed by atoms with Gasteiger partial charge in [-0.2, -0.15) is 0 Å². The molecule has 1 N–H and O–H groups in total. The number of imidazole rings is 1. The highest BCUT2D eigenvalue weighted by atomic mass is 16.5. The lowest BCUT2D eigenvalue weighted by Gasteiger charge is -2.18.